The first-order chi connectivity index (χ1) is 13.5. The zero-order chi connectivity index (χ0) is 20.1. The average molecular weight is 377 g/mol. The van der Waals surface area contributed by atoms with Crippen LogP contribution in [0.3, 0.4) is 0 Å². The molecule has 2 aromatic carbocycles. The van der Waals surface area contributed by atoms with Crippen LogP contribution >= 0.6 is 0 Å². The van der Waals surface area contributed by atoms with Gasteiger partial charge < -0.3 is 20.1 Å². The summed E-state index contributed by atoms with van der Waals surface area (Å²) in [5.41, 5.74) is 4.24. The van der Waals surface area contributed by atoms with Crippen molar-refractivity contribution in [2.24, 2.45) is 0 Å². The fourth-order valence-corrected chi connectivity index (χ4v) is 3.01. The summed E-state index contributed by atoms with van der Waals surface area (Å²) in [5, 5.41) is 6.10. The maximum absolute atomic E-state index is 12.7. The molecule has 0 bridgehead atoms. The topological polar surface area (TPSA) is 72.5 Å². The van der Waals surface area contributed by atoms with Gasteiger partial charge in [-0.25, -0.2) is 4.98 Å². The van der Waals surface area contributed by atoms with Gasteiger partial charge in [-0.15, -0.1) is 0 Å². The number of methoxy groups -OCH3 is 2. The Morgan fingerprint density at radius 2 is 1.54 bits per heavy atom. The van der Waals surface area contributed by atoms with Crippen LogP contribution in [0, 0.1) is 13.8 Å². The molecule has 0 aliphatic carbocycles. The molecule has 1 amide bonds. The predicted octanol–water partition coefficient (Wildman–Crippen LogP) is 4.71. The second-order valence-electron chi connectivity index (χ2n) is 6.43. The van der Waals surface area contributed by atoms with E-state index in [4.69, 9.17) is 9.47 Å². The van der Waals surface area contributed by atoms with E-state index in [1.165, 1.54) is 25.3 Å². The number of nitrogens with one attached hydrogen (secondary N) is 2. The van der Waals surface area contributed by atoms with Gasteiger partial charge in [0.15, 0.2) is 0 Å². The van der Waals surface area contributed by atoms with Crippen molar-refractivity contribution in [1.29, 1.82) is 0 Å². The largest absolute Gasteiger partial charge is 0.496 e. The number of anilines is 3. The average Bonchev–Trinajstić information content (AvgIpc) is 2.68. The van der Waals surface area contributed by atoms with E-state index in [-0.39, 0.29) is 5.91 Å². The third-order valence-corrected chi connectivity index (χ3v) is 4.17. The van der Waals surface area contributed by atoms with Crippen LogP contribution in [0.5, 0.6) is 11.5 Å². The van der Waals surface area contributed by atoms with Crippen LogP contribution in [0.2, 0.25) is 0 Å². The van der Waals surface area contributed by atoms with E-state index in [1.807, 2.05) is 6.07 Å². The van der Waals surface area contributed by atoms with Crippen molar-refractivity contribution in [3.05, 3.63) is 71.4 Å². The molecule has 6 nitrogen and oxygen atoms in total. The molecular weight excluding hydrogens is 354 g/mol. The Hall–Kier alpha value is -3.54. The molecule has 144 valence electrons. The zero-order valence-electron chi connectivity index (χ0n) is 16.4. The molecule has 3 rings (SSSR count). The summed E-state index contributed by atoms with van der Waals surface area (Å²) < 4.78 is 10.6. The Morgan fingerprint density at radius 1 is 0.893 bits per heavy atom. The maximum Gasteiger partial charge on any atom is 0.263 e. The van der Waals surface area contributed by atoms with Gasteiger partial charge in [-0.2, -0.15) is 0 Å². The number of nitrogens with zero attached hydrogens (tertiary/aromatic N) is 1. The first kappa shape index (κ1) is 19.2. The van der Waals surface area contributed by atoms with E-state index in [0.717, 1.165) is 5.69 Å². The van der Waals surface area contributed by atoms with Crippen LogP contribution in [-0.2, 0) is 0 Å². The highest BCUT2D eigenvalue weighted by Gasteiger charge is 2.18. The SMILES string of the molecule is COc1cccc(OC)c1C(=O)Nc1ccc(Nc2cc(C)cc(C)c2)nc1. The number of hydrogen-bond acceptors (Lipinski definition) is 5. The third-order valence-electron chi connectivity index (χ3n) is 4.17. The smallest absolute Gasteiger partial charge is 0.263 e. The number of carbonyl (C=O) groups excluding carboxylic acids is 1. The number of aromatic nitrogens is 1. The van der Waals surface area contributed by atoms with Crippen LogP contribution in [0.25, 0.3) is 0 Å². The summed E-state index contributed by atoms with van der Waals surface area (Å²) in [6.45, 7) is 4.10. The minimum Gasteiger partial charge on any atom is -0.496 e. The fraction of sp³-hybridized carbons (Fsp3) is 0.182. The minimum absolute atomic E-state index is 0.328. The molecule has 0 spiro atoms. The van der Waals surface area contributed by atoms with Gasteiger partial charge in [-0.05, 0) is 61.4 Å². The van der Waals surface area contributed by atoms with E-state index >= 15 is 0 Å². The number of aryl methyl sites for hydroxylation is 2. The summed E-state index contributed by atoms with van der Waals surface area (Å²) >= 11 is 0. The summed E-state index contributed by atoms with van der Waals surface area (Å²) in [7, 11) is 3.03. The number of rotatable bonds is 6. The quantitative estimate of drug-likeness (QED) is 0.651. The van der Waals surface area contributed by atoms with Crippen molar-refractivity contribution in [1.82, 2.24) is 4.98 Å². The Labute approximate surface area is 164 Å². The number of carbonyl (C=O) groups is 1. The molecule has 28 heavy (non-hydrogen) atoms. The van der Waals surface area contributed by atoms with Crippen LogP contribution in [0.1, 0.15) is 21.5 Å². The number of ether oxygens (including phenoxy) is 2. The van der Waals surface area contributed by atoms with E-state index in [1.54, 1.807) is 30.5 Å². The number of pyridine rings is 1. The highest BCUT2D eigenvalue weighted by atomic mass is 16.5. The molecule has 0 aliphatic heterocycles. The fourth-order valence-electron chi connectivity index (χ4n) is 3.01. The van der Waals surface area contributed by atoms with E-state index in [9.17, 15) is 4.79 Å². The van der Waals surface area contributed by atoms with Gasteiger partial charge in [0.2, 0.25) is 0 Å². The second-order valence-corrected chi connectivity index (χ2v) is 6.43. The number of hydrogen-bond donors (Lipinski definition) is 2. The molecule has 0 saturated heterocycles. The summed E-state index contributed by atoms with van der Waals surface area (Å²) in [5.74, 6) is 1.25. The van der Waals surface area contributed by atoms with Gasteiger partial charge in [0, 0.05) is 5.69 Å². The first-order valence-electron chi connectivity index (χ1n) is 8.84. The lowest BCUT2D eigenvalue weighted by Gasteiger charge is -2.13. The van der Waals surface area contributed by atoms with Crippen molar-refractivity contribution in [3.8, 4) is 11.5 Å². The maximum atomic E-state index is 12.7. The van der Waals surface area contributed by atoms with Gasteiger partial charge in [0.05, 0.1) is 26.1 Å². The van der Waals surface area contributed by atoms with E-state index < -0.39 is 0 Å². The molecule has 3 aromatic rings. The van der Waals surface area contributed by atoms with Crippen molar-refractivity contribution in [2.45, 2.75) is 13.8 Å². The minimum atomic E-state index is -0.328. The van der Waals surface area contributed by atoms with Crippen LogP contribution < -0.4 is 20.1 Å². The lowest BCUT2D eigenvalue weighted by Crippen LogP contribution is -2.14. The highest BCUT2D eigenvalue weighted by molar-refractivity contribution is 6.08. The van der Waals surface area contributed by atoms with Crippen LogP contribution in [0.15, 0.2) is 54.7 Å². The van der Waals surface area contributed by atoms with Gasteiger partial charge >= 0.3 is 0 Å². The molecule has 1 heterocycles. The normalized spacial score (nSPS) is 10.3. The molecule has 0 radical (unpaired) electrons. The summed E-state index contributed by atoms with van der Waals surface area (Å²) in [6.07, 6.45) is 1.60. The summed E-state index contributed by atoms with van der Waals surface area (Å²) in [6, 6.07) is 15.0. The van der Waals surface area contributed by atoms with Gasteiger partial charge in [-0.3, -0.25) is 4.79 Å². The van der Waals surface area contributed by atoms with E-state index in [2.05, 4.69) is 47.7 Å². The molecule has 0 atom stereocenters. The molecular formula is C22H23N3O3. The van der Waals surface area contributed by atoms with Crippen molar-refractivity contribution in [2.75, 3.05) is 24.9 Å². The molecule has 2 N–H and O–H groups in total. The van der Waals surface area contributed by atoms with Gasteiger partial charge in [0.1, 0.15) is 22.9 Å². The van der Waals surface area contributed by atoms with Crippen LogP contribution in [-0.4, -0.2) is 25.1 Å². The second kappa shape index (κ2) is 8.43. The Balaban J connectivity index is 1.75. The van der Waals surface area contributed by atoms with Crippen molar-refractivity contribution >= 4 is 23.1 Å². The molecule has 0 fully saturated rings. The van der Waals surface area contributed by atoms with Gasteiger partial charge in [0.25, 0.3) is 5.91 Å². The Kier molecular flexibility index (Phi) is 5.79. The van der Waals surface area contributed by atoms with Gasteiger partial charge in [-0.1, -0.05) is 12.1 Å². The predicted molar refractivity (Wildman–Crippen MR) is 111 cm³/mol. The van der Waals surface area contributed by atoms with Crippen molar-refractivity contribution in [3.63, 3.8) is 0 Å². The first-order valence-corrected chi connectivity index (χ1v) is 8.84. The Bertz CT molecular complexity index is 942. The molecule has 1 aromatic heterocycles. The summed E-state index contributed by atoms with van der Waals surface area (Å²) in [4.78, 5) is 17.1. The monoisotopic (exact) mass is 377 g/mol. The van der Waals surface area contributed by atoms with E-state index in [0.29, 0.717) is 28.6 Å². The Morgan fingerprint density at radius 3 is 2.07 bits per heavy atom. The molecule has 0 saturated carbocycles. The lowest BCUT2D eigenvalue weighted by atomic mass is 10.1. The number of benzene rings is 2. The zero-order valence-corrected chi connectivity index (χ0v) is 16.4. The standard InChI is InChI=1S/C22H23N3O3/c1-14-10-15(2)12-17(11-14)24-20-9-8-16(13-23-20)25-22(26)21-18(27-3)6-5-7-19(21)28-4/h5-13H,1-4H3,(H,23,24)(H,25,26). The van der Waals surface area contributed by atoms with Crippen molar-refractivity contribution < 1.29 is 14.3 Å². The number of amides is 1. The lowest BCUT2D eigenvalue weighted by molar-refractivity contribution is 0.102. The highest BCUT2D eigenvalue weighted by Crippen LogP contribution is 2.29. The van der Waals surface area contributed by atoms with Crippen LogP contribution in [0.4, 0.5) is 17.2 Å². The molecule has 0 unspecified atom stereocenters. The third kappa shape index (κ3) is 4.40. The molecule has 0 aliphatic rings. The molecule has 6 heteroatoms.